The van der Waals surface area contributed by atoms with Crippen molar-refractivity contribution in [3.8, 4) is 0 Å². The van der Waals surface area contributed by atoms with E-state index in [0.29, 0.717) is 5.92 Å². The molecule has 0 saturated heterocycles. The van der Waals surface area contributed by atoms with Crippen LogP contribution in [0.2, 0.25) is 5.02 Å². The fourth-order valence-corrected chi connectivity index (χ4v) is 1.80. The smallest absolute Gasteiger partial charge is 0.0659 e. The Bertz CT molecular complexity index is 474. The molecular formula is C13H15ClN2. The summed E-state index contributed by atoms with van der Waals surface area (Å²) in [5.41, 5.74) is 2.44. The van der Waals surface area contributed by atoms with Crippen molar-refractivity contribution in [2.45, 2.75) is 26.3 Å². The van der Waals surface area contributed by atoms with Gasteiger partial charge in [0.15, 0.2) is 0 Å². The second-order valence-corrected chi connectivity index (χ2v) is 4.69. The molecule has 0 aliphatic heterocycles. The maximum Gasteiger partial charge on any atom is 0.0659 e. The Morgan fingerprint density at radius 1 is 1.38 bits per heavy atom. The van der Waals surface area contributed by atoms with Crippen molar-refractivity contribution in [1.29, 1.82) is 0 Å². The van der Waals surface area contributed by atoms with Crippen LogP contribution in [-0.4, -0.2) is 9.78 Å². The van der Waals surface area contributed by atoms with Crippen LogP contribution in [0, 0.1) is 0 Å². The Morgan fingerprint density at radius 2 is 2.19 bits per heavy atom. The summed E-state index contributed by atoms with van der Waals surface area (Å²) in [7, 11) is 0. The lowest BCUT2D eigenvalue weighted by Crippen LogP contribution is -1.99. The van der Waals surface area contributed by atoms with Gasteiger partial charge in [-0.3, -0.25) is 4.68 Å². The second-order valence-electron chi connectivity index (χ2n) is 4.26. The Morgan fingerprint density at radius 3 is 2.81 bits per heavy atom. The Labute approximate surface area is 101 Å². The summed E-state index contributed by atoms with van der Waals surface area (Å²) in [6.07, 6.45) is 4.01. The molecular weight excluding hydrogens is 220 g/mol. The van der Waals surface area contributed by atoms with Gasteiger partial charge in [0, 0.05) is 11.2 Å². The van der Waals surface area contributed by atoms with Gasteiger partial charge in [-0.2, -0.15) is 5.10 Å². The highest BCUT2D eigenvalue weighted by Gasteiger charge is 2.03. The fourth-order valence-electron chi connectivity index (χ4n) is 1.59. The summed E-state index contributed by atoms with van der Waals surface area (Å²) < 4.78 is 1.95. The number of aromatic nitrogens is 2. The van der Waals surface area contributed by atoms with Gasteiger partial charge >= 0.3 is 0 Å². The molecule has 0 aliphatic rings. The molecule has 3 heteroatoms. The van der Waals surface area contributed by atoms with Gasteiger partial charge < -0.3 is 0 Å². The molecule has 1 aromatic heterocycles. The molecule has 2 rings (SSSR count). The SMILES string of the molecule is CC(C)c1cnn(Cc2cccc(Cl)c2)c1. The monoisotopic (exact) mass is 234 g/mol. The molecule has 0 spiro atoms. The van der Waals surface area contributed by atoms with Gasteiger partial charge in [-0.25, -0.2) is 0 Å². The molecule has 0 atom stereocenters. The molecule has 2 aromatic rings. The van der Waals surface area contributed by atoms with E-state index in [1.165, 1.54) is 11.1 Å². The lowest BCUT2D eigenvalue weighted by molar-refractivity contribution is 0.685. The topological polar surface area (TPSA) is 17.8 Å². The second kappa shape index (κ2) is 4.71. The third kappa shape index (κ3) is 2.64. The van der Waals surface area contributed by atoms with E-state index in [4.69, 9.17) is 11.6 Å². The molecule has 1 heterocycles. The van der Waals surface area contributed by atoms with Gasteiger partial charge in [0.05, 0.1) is 12.7 Å². The van der Waals surface area contributed by atoms with Crippen LogP contribution in [0.3, 0.4) is 0 Å². The van der Waals surface area contributed by atoms with E-state index < -0.39 is 0 Å². The van der Waals surface area contributed by atoms with Crippen molar-refractivity contribution in [3.63, 3.8) is 0 Å². The first kappa shape index (κ1) is 11.2. The van der Waals surface area contributed by atoms with Crippen LogP contribution in [0.1, 0.15) is 30.9 Å². The van der Waals surface area contributed by atoms with Crippen LogP contribution < -0.4 is 0 Å². The molecule has 1 aromatic carbocycles. The lowest BCUT2D eigenvalue weighted by atomic mass is 10.1. The van der Waals surface area contributed by atoms with E-state index >= 15 is 0 Å². The van der Waals surface area contributed by atoms with E-state index in [9.17, 15) is 0 Å². The van der Waals surface area contributed by atoms with E-state index in [1.54, 1.807) is 0 Å². The summed E-state index contributed by atoms with van der Waals surface area (Å²) in [6, 6.07) is 7.87. The first-order valence-electron chi connectivity index (χ1n) is 5.42. The minimum Gasteiger partial charge on any atom is -0.268 e. The highest BCUT2D eigenvalue weighted by atomic mass is 35.5. The summed E-state index contributed by atoms with van der Waals surface area (Å²) >= 11 is 5.94. The zero-order valence-corrected chi connectivity index (χ0v) is 10.3. The first-order chi connectivity index (χ1) is 7.65. The minimum absolute atomic E-state index is 0.521. The van der Waals surface area contributed by atoms with Crippen molar-refractivity contribution in [2.75, 3.05) is 0 Å². The third-order valence-corrected chi connectivity index (χ3v) is 2.79. The number of benzene rings is 1. The van der Waals surface area contributed by atoms with Crippen molar-refractivity contribution in [1.82, 2.24) is 9.78 Å². The Hall–Kier alpha value is -1.28. The molecule has 0 N–H and O–H groups in total. The zero-order chi connectivity index (χ0) is 11.5. The Balaban J connectivity index is 2.14. The van der Waals surface area contributed by atoms with Gasteiger partial charge in [-0.1, -0.05) is 37.6 Å². The Kier molecular flexibility index (Phi) is 3.30. The van der Waals surface area contributed by atoms with Crippen LogP contribution >= 0.6 is 11.6 Å². The summed E-state index contributed by atoms with van der Waals surface area (Å²) in [5.74, 6) is 0.521. The standard InChI is InChI=1S/C13H15ClN2/c1-10(2)12-7-15-16(9-12)8-11-4-3-5-13(14)6-11/h3-7,9-10H,8H2,1-2H3. The molecule has 0 amide bonds. The van der Waals surface area contributed by atoms with Gasteiger partial charge in [0.1, 0.15) is 0 Å². The van der Waals surface area contributed by atoms with Crippen LogP contribution in [0.25, 0.3) is 0 Å². The number of halogens is 1. The van der Waals surface area contributed by atoms with Gasteiger partial charge in [-0.15, -0.1) is 0 Å². The largest absolute Gasteiger partial charge is 0.268 e. The molecule has 0 radical (unpaired) electrons. The van der Waals surface area contributed by atoms with E-state index in [0.717, 1.165) is 11.6 Å². The van der Waals surface area contributed by atoms with Crippen molar-refractivity contribution < 1.29 is 0 Å². The molecule has 0 unspecified atom stereocenters. The maximum absolute atomic E-state index is 5.94. The van der Waals surface area contributed by atoms with E-state index in [-0.39, 0.29) is 0 Å². The van der Waals surface area contributed by atoms with Gasteiger partial charge in [0.2, 0.25) is 0 Å². The predicted octanol–water partition coefficient (Wildman–Crippen LogP) is 3.71. The van der Waals surface area contributed by atoms with E-state index in [2.05, 4.69) is 31.2 Å². The van der Waals surface area contributed by atoms with Crippen LogP contribution in [0.4, 0.5) is 0 Å². The minimum atomic E-state index is 0.521. The van der Waals surface area contributed by atoms with Gasteiger partial charge in [-0.05, 0) is 29.2 Å². The summed E-state index contributed by atoms with van der Waals surface area (Å²) in [4.78, 5) is 0. The van der Waals surface area contributed by atoms with Gasteiger partial charge in [0.25, 0.3) is 0 Å². The quantitative estimate of drug-likeness (QED) is 0.792. The van der Waals surface area contributed by atoms with Crippen LogP contribution in [0.5, 0.6) is 0 Å². The highest BCUT2D eigenvalue weighted by molar-refractivity contribution is 6.30. The summed E-state index contributed by atoms with van der Waals surface area (Å²) in [6.45, 7) is 5.11. The number of nitrogens with zero attached hydrogens (tertiary/aromatic N) is 2. The molecule has 0 bridgehead atoms. The van der Waals surface area contributed by atoms with Crippen molar-refractivity contribution in [2.24, 2.45) is 0 Å². The van der Waals surface area contributed by atoms with Crippen molar-refractivity contribution >= 4 is 11.6 Å². The first-order valence-corrected chi connectivity index (χ1v) is 5.80. The van der Waals surface area contributed by atoms with Crippen LogP contribution in [-0.2, 0) is 6.54 Å². The maximum atomic E-state index is 5.94. The third-order valence-electron chi connectivity index (χ3n) is 2.55. The molecule has 0 saturated carbocycles. The molecule has 0 aliphatic carbocycles. The number of hydrogen-bond acceptors (Lipinski definition) is 1. The fraction of sp³-hybridized carbons (Fsp3) is 0.308. The highest BCUT2D eigenvalue weighted by Crippen LogP contribution is 2.15. The average molecular weight is 235 g/mol. The lowest BCUT2D eigenvalue weighted by Gasteiger charge is -2.02. The average Bonchev–Trinajstić information content (AvgIpc) is 2.66. The predicted molar refractivity (Wildman–Crippen MR) is 66.9 cm³/mol. The zero-order valence-electron chi connectivity index (χ0n) is 9.52. The molecule has 2 nitrogen and oxygen atoms in total. The van der Waals surface area contributed by atoms with E-state index in [1.807, 2.05) is 29.1 Å². The molecule has 16 heavy (non-hydrogen) atoms. The number of rotatable bonds is 3. The molecule has 84 valence electrons. The van der Waals surface area contributed by atoms with Crippen LogP contribution in [0.15, 0.2) is 36.7 Å². The number of hydrogen-bond donors (Lipinski definition) is 0. The summed E-state index contributed by atoms with van der Waals surface area (Å²) in [5, 5.41) is 5.11. The normalized spacial score (nSPS) is 11.0. The molecule has 0 fully saturated rings. The van der Waals surface area contributed by atoms with Crippen molar-refractivity contribution in [3.05, 3.63) is 52.8 Å².